The molecule has 0 aliphatic heterocycles. The van der Waals surface area contributed by atoms with E-state index in [2.05, 4.69) is 20.0 Å². The van der Waals surface area contributed by atoms with Crippen molar-refractivity contribution in [2.45, 2.75) is 13.2 Å². The molecule has 5 nitrogen and oxygen atoms in total. The Labute approximate surface area is 144 Å². The summed E-state index contributed by atoms with van der Waals surface area (Å²) < 4.78 is 43.2. The number of aromatic amines is 2. The Morgan fingerprint density at radius 2 is 2.00 bits per heavy atom. The van der Waals surface area contributed by atoms with Gasteiger partial charge in [0.2, 0.25) is 0 Å². The fourth-order valence-electron chi connectivity index (χ4n) is 2.42. The molecule has 0 unspecified atom stereocenters. The Morgan fingerprint density at radius 1 is 1.24 bits per heavy atom. The summed E-state index contributed by atoms with van der Waals surface area (Å²) in [5.41, 5.74) is 1.14. The molecular formula is C16H12F3N3O2S. The van der Waals surface area contributed by atoms with Crippen LogP contribution in [-0.4, -0.2) is 22.5 Å². The number of fused-ring (bicyclic) bond motifs is 1. The van der Waals surface area contributed by atoms with Crippen LogP contribution in [0.15, 0.2) is 36.4 Å². The van der Waals surface area contributed by atoms with Crippen LogP contribution < -0.4 is 10.1 Å². The molecule has 0 saturated heterocycles. The summed E-state index contributed by atoms with van der Waals surface area (Å²) >= 11 is 4.95. The molecule has 130 valence electrons. The number of rotatable bonds is 5. The summed E-state index contributed by atoms with van der Waals surface area (Å²) in [6, 6.07) is 8.37. The normalized spacial score (nSPS) is 11.0. The Balaban J connectivity index is 1.84. The monoisotopic (exact) mass is 367 g/mol. The number of benzene rings is 2. The van der Waals surface area contributed by atoms with Crippen molar-refractivity contribution in [3.63, 3.8) is 0 Å². The summed E-state index contributed by atoms with van der Waals surface area (Å²) in [6.07, 6.45) is 0. The number of halogens is 3. The van der Waals surface area contributed by atoms with Gasteiger partial charge >= 0.3 is 6.61 Å². The second-order valence-corrected chi connectivity index (χ2v) is 5.53. The molecule has 0 fully saturated rings. The molecule has 0 aliphatic rings. The molecule has 3 aromatic rings. The number of ether oxygens (including phenoxy) is 1. The van der Waals surface area contributed by atoms with Gasteiger partial charge in [-0.25, -0.2) is 4.39 Å². The highest BCUT2D eigenvalue weighted by atomic mass is 32.1. The van der Waals surface area contributed by atoms with Gasteiger partial charge in [-0.2, -0.15) is 8.78 Å². The number of para-hydroxylation sites is 1. The Morgan fingerprint density at radius 3 is 2.76 bits per heavy atom. The van der Waals surface area contributed by atoms with Crippen LogP contribution in [0.3, 0.4) is 0 Å². The van der Waals surface area contributed by atoms with Crippen molar-refractivity contribution >= 4 is 29.2 Å². The van der Waals surface area contributed by atoms with Crippen LogP contribution in [0.1, 0.15) is 15.9 Å². The highest BCUT2D eigenvalue weighted by Crippen LogP contribution is 2.21. The fourth-order valence-corrected chi connectivity index (χ4v) is 2.63. The minimum absolute atomic E-state index is 0.0387. The number of H-pyrrole nitrogens is 2. The van der Waals surface area contributed by atoms with E-state index in [1.807, 2.05) is 0 Å². The van der Waals surface area contributed by atoms with Gasteiger partial charge in [0.1, 0.15) is 11.6 Å². The molecule has 0 aliphatic carbocycles. The predicted molar refractivity (Wildman–Crippen MR) is 87.7 cm³/mol. The number of hydrogen-bond acceptors (Lipinski definition) is 3. The van der Waals surface area contributed by atoms with E-state index in [0.29, 0.717) is 16.6 Å². The average Bonchev–Trinajstić information content (AvgIpc) is 2.92. The molecule has 1 aromatic heterocycles. The summed E-state index contributed by atoms with van der Waals surface area (Å²) in [5.74, 6) is -1.23. The van der Waals surface area contributed by atoms with Gasteiger partial charge in [-0.05, 0) is 30.4 Å². The second kappa shape index (κ2) is 6.98. The SMILES string of the molecule is O=C(NCc1ccccc1OC(F)F)c1cc(F)cc2[nH]c(=S)[nH]c12. The molecule has 0 saturated carbocycles. The lowest BCUT2D eigenvalue weighted by Crippen LogP contribution is -2.23. The van der Waals surface area contributed by atoms with Crippen LogP contribution in [-0.2, 0) is 6.54 Å². The van der Waals surface area contributed by atoms with Gasteiger partial charge < -0.3 is 20.0 Å². The molecule has 3 rings (SSSR count). The number of hydrogen-bond donors (Lipinski definition) is 3. The standard InChI is InChI=1S/C16H12F3N3O2S/c17-9-5-10(13-11(6-9)21-16(25)22-13)14(23)20-7-8-3-1-2-4-12(8)24-15(18)19/h1-6,15H,7H2,(H,20,23)(H2,21,22,25). The van der Waals surface area contributed by atoms with E-state index in [-0.39, 0.29) is 22.6 Å². The van der Waals surface area contributed by atoms with E-state index in [4.69, 9.17) is 12.2 Å². The highest BCUT2D eigenvalue weighted by Gasteiger charge is 2.15. The van der Waals surface area contributed by atoms with Gasteiger partial charge in [0.15, 0.2) is 4.77 Å². The van der Waals surface area contributed by atoms with Gasteiger partial charge in [0, 0.05) is 12.1 Å². The first kappa shape index (κ1) is 17.0. The zero-order chi connectivity index (χ0) is 18.0. The van der Waals surface area contributed by atoms with Crippen LogP contribution in [0.25, 0.3) is 11.0 Å². The van der Waals surface area contributed by atoms with Crippen molar-refractivity contribution in [1.82, 2.24) is 15.3 Å². The van der Waals surface area contributed by atoms with Gasteiger partial charge in [-0.15, -0.1) is 0 Å². The minimum atomic E-state index is -2.97. The highest BCUT2D eigenvalue weighted by molar-refractivity contribution is 7.71. The third-order valence-electron chi connectivity index (χ3n) is 3.46. The third kappa shape index (κ3) is 3.82. The maximum atomic E-state index is 13.7. The maximum absolute atomic E-state index is 13.7. The number of alkyl halides is 2. The average molecular weight is 367 g/mol. The van der Waals surface area contributed by atoms with Crippen LogP contribution in [0.5, 0.6) is 5.75 Å². The molecule has 0 spiro atoms. The van der Waals surface area contributed by atoms with Crippen molar-refractivity contribution < 1.29 is 22.7 Å². The molecule has 3 N–H and O–H groups in total. The summed E-state index contributed by atoms with van der Waals surface area (Å²) in [5, 5.41) is 2.56. The van der Waals surface area contributed by atoms with Gasteiger partial charge in [0.05, 0.1) is 16.6 Å². The van der Waals surface area contributed by atoms with E-state index in [1.54, 1.807) is 18.2 Å². The lowest BCUT2D eigenvalue weighted by Gasteiger charge is -2.11. The van der Waals surface area contributed by atoms with Crippen molar-refractivity contribution in [3.05, 3.63) is 58.1 Å². The summed E-state index contributed by atoms with van der Waals surface area (Å²) in [4.78, 5) is 17.9. The number of nitrogens with one attached hydrogen (secondary N) is 3. The Bertz CT molecular complexity index is 984. The first-order valence-electron chi connectivity index (χ1n) is 7.16. The molecule has 2 aromatic carbocycles. The van der Waals surface area contributed by atoms with Crippen LogP contribution >= 0.6 is 12.2 Å². The molecule has 9 heteroatoms. The molecular weight excluding hydrogens is 355 g/mol. The Hall–Kier alpha value is -2.81. The lowest BCUT2D eigenvalue weighted by molar-refractivity contribution is -0.0504. The predicted octanol–water partition coefficient (Wildman–Crippen LogP) is 3.90. The van der Waals surface area contributed by atoms with Crippen molar-refractivity contribution in [1.29, 1.82) is 0 Å². The van der Waals surface area contributed by atoms with Crippen LogP contribution in [0.4, 0.5) is 13.2 Å². The van der Waals surface area contributed by atoms with Crippen molar-refractivity contribution in [3.8, 4) is 5.75 Å². The number of carbonyl (C=O) groups excluding carboxylic acids is 1. The molecule has 1 amide bonds. The largest absolute Gasteiger partial charge is 0.434 e. The van der Waals surface area contributed by atoms with E-state index in [1.165, 1.54) is 12.1 Å². The smallest absolute Gasteiger partial charge is 0.387 e. The fraction of sp³-hybridized carbons (Fsp3) is 0.125. The quantitative estimate of drug-likeness (QED) is 0.599. The molecule has 1 heterocycles. The summed E-state index contributed by atoms with van der Waals surface area (Å²) in [6.45, 7) is -3.04. The topological polar surface area (TPSA) is 69.9 Å². The number of carbonyl (C=O) groups is 1. The van der Waals surface area contributed by atoms with Crippen LogP contribution in [0, 0.1) is 10.6 Å². The van der Waals surface area contributed by atoms with E-state index < -0.39 is 18.3 Å². The molecule has 0 atom stereocenters. The summed E-state index contributed by atoms with van der Waals surface area (Å²) in [7, 11) is 0. The van der Waals surface area contributed by atoms with Crippen molar-refractivity contribution in [2.24, 2.45) is 0 Å². The first-order chi connectivity index (χ1) is 11.9. The first-order valence-corrected chi connectivity index (χ1v) is 7.57. The lowest BCUT2D eigenvalue weighted by atomic mass is 10.1. The van der Waals surface area contributed by atoms with Gasteiger partial charge in [-0.1, -0.05) is 18.2 Å². The number of amides is 1. The van der Waals surface area contributed by atoms with Gasteiger partial charge in [0.25, 0.3) is 5.91 Å². The maximum Gasteiger partial charge on any atom is 0.387 e. The molecule has 0 radical (unpaired) electrons. The Kier molecular flexibility index (Phi) is 4.75. The third-order valence-corrected chi connectivity index (χ3v) is 3.67. The van der Waals surface area contributed by atoms with E-state index in [9.17, 15) is 18.0 Å². The van der Waals surface area contributed by atoms with E-state index >= 15 is 0 Å². The van der Waals surface area contributed by atoms with Gasteiger partial charge in [-0.3, -0.25) is 4.79 Å². The number of aromatic nitrogens is 2. The molecule has 0 bridgehead atoms. The minimum Gasteiger partial charge on any atom is -0.434 e. The molecule has 25 heavy (non-hydrogen) atoms. The number of imidazole rings is 1. The zero-order valence-corrected chi connectivity index (χ0v) is 13.4. The second-order valence-electron chi connectivity index (χ2n) is 5.12. The van der Waals surface area contributed by atoms with Crippen LogP contribution in [0.2, 0.25) is 0 Å². The van der Waals surface area contributed by atoms with E-state index in [0.717, 1.165) is 6.07 Å². The van der Waals surface area contributed by atoms with Crippen molar-refractivity contribution in [2.75, 3.05) is 0 Å². The zero-order valence-electron chi connectivity index (χ0n) is 12.6.